The van der Waals surface area contributed by atoms with E-state index in [-0.39, 0.29) is 33.7 Å². The summed E-state index contributed by atoms with van der Waals surface area (Å²) in [4.78, 5) is 14.0. The van der Waals surface area contributed by atoms with Crippen molar-refractivity contribution < 1.29 is 31.1 Å². The number of benzene rings is 1. The maximum absolute atomic E-state index is 13.1. The molecule has 0 fully saturated rings. The normalized spacial score (nSPS) is 16.4. The zero-order chi connectivity index (χ0) is 26.7. The van der Waals surface area contributed by atoms with Crippen molar-refractivity contribution in [3.05, 3.63) is 22.7 Å². The number of azo groups is 1. The summed E-state index contributed by atoms with van der Waals surface area (Å²) in [6, 6.07) is 3.02. The molecule has 0 radical (unpaired) electrons. The molecule has 1 aliphatic heterocycles. The lowest BCUT2D eigenvalue weighted by atomic mass is 9.95. The van der Waals surface area contributed by atoms with Crippen LogP contribution in [0.4, 0.5) is 35.4 Å². The van der Waals surface area contributed by atoms with Crippen molar-refractivity contribution in [3.8, 4) is 0 Å². The van der Waals surface area contributed by atoms with Gasteiger partial charge in [-0.2, -0.15) is 21.6 Å². The fraction of sp³-hybridized carbons (Fsp3) is 0.571. The Labute approximate surface area is 211 Å². The SMILES string of the molecule is CCCCN1c2cc(NS(=O)(=O)C(F)(F)F)c(N=Nc3nnc(C(=O)OC(C)C)s3)cc2CCC1C. The molecular weight excluding hydrogens is 521 g/mol. The predicted octanol–water partition coefficient (Wildman–Crippen LogP) is 5.72. The molecule has 2 aromatic rings. The number of esters is 1. The number of carbonyl (C=O) groups excluding carboxylic acids is 1. The Hall–Kier alpha value is -2.81. The number of hydrogen-bond acceptors (Lipinski definition) is 10. The summed E-state index contributed by atoms with van der Waals surface area (Å²) in [6.45, 7) is 8.07. The van der Waals surface area contributed by atoms with Gasteiger partial charge in [-0.1, -0.05) is 24.7 Å². The van der Waals surface area contributed by atoms with Crippen LogP contribution in [0.5, 0.6) is 0 Å². The molecule has 15 heteroatoms. The topological polar surface area (TPSA) is 126 Å². The van der Waals surface area contributed by atoms with Crippen LogP contribution in [0.1, 0.15) is 62.3 Å². The highest BCUT2D eigenvalue weighted by atomic mass is 32.2. The van der Waals surface area contributed by atoms with Crippen LogP contribution in [-0.2, 0) is 21.2 Å². The third-order valence-electron chi connectivity index (χ3n) is 5.35. The van der Waals surface area contributed by atoms with Crippen LogP contribution in [0.25, 0.3) is 0 Å². The van der Waals surface area contributed by atoms with Gasteiger partial charge in [0.15, 0.2) is 0 Å². The molecule has 1 N–H and O–H groups in total. The number of ether oxygens (including phenoxy) is 1. The van der Waals surface area contributed by atoms with Gasteiger partial charge in [-0.05, 0) is 57.7 Å². The van der Waals surface area contributed by atoms with E-state index in [0.29, 0.717) is 18.7 Å². The van der Waals surface area contributed by atoms with Gasteiger partial charge in [-0.3, -0.25) is 4.72 Å². The molecule has 0 amide bonds. The summed E-state index contributed by atoms with van der Waals surface area (Å²) in [5, 5.41) is 15.1. The molecule has 198 valence electrons. The highest BCUT2D eigenvalue weighted by Gasteiger charge is 2.46. The first-order valence-corrected chi connectivity index (χ1v) is 13.6. The van der Waals surface area contributed by atoms with Gasteiger partial charge in [0.2, 0.25) is 5.01 Å². The van der Waals surface area contributed by atoms with Crippen molar-refractivity contribution in [2.75, 3.05) is 16.2 Å². The first-order valence-electron chi connectivity index (χ1n) is 11.3. The van der Waals surface area contributed by atoms with Crippen LogP contribution >= 0.6 is 11.3 Å². The number of sulfonamides is 1. The molecule has 1 atom stereocenters. The van der Waals surface area contributed by atoms with E-state index in [0.717, 1.165) is 36.2 Å². The lowest BCUT2D eigenvalue weighted by molar-refractivity contribution is -0.0429. The largest absolute Gasteiger partial charge is 0.516 e. The maximum atomic E-state index is 13.1. The Morgan fingerprint density at radius 2 is 2.03 bits per heavy atom. The minimum atomic E-state index is -5.71. The van der Waals surface area contributed by atoms with Crippen LogP contribution < -0.4 is 9.62 Å². The molecule has 36 heavy (non-hydrogen) atoms. The second kappa shape index (κ2) is 11.1. The van der Waals surface area contributed by atoms with E-state index < -0.39 is 21.5 Å². The molecule has 1 aromatic heterocycles. The molecular formula is C21H27F3N6O4S2. The van der Waals surface area contributed by atoms with E-state index in [1.807, 2.05) is 13.8 Å². The van der Waals surface area contributed by atoms with Crippen molar-refractivity contribution in [3.63, 3.8) is 0 Å². The molecule has 10 nitrogen and oxygen atoms in total. The highest BCUT2D eigenvalue weighted by Crippen LogP contribution is 2.41. The minimum Gasteiger partial charge on any atom is -0.458 e. The number of carbonyl (C=O) groups is 1. The molecule has 2 heterocycles. The van der Waals surface area contributed by atoms with Crippen LogP contribution in [0.3, 0.4) is 0 Å². The summed E-state index contributed by atoms with van der Waals surface area (Å²) in [6.07, 6.45) is 2.88. The Morgan fingerprint density at radius 1 is 1.31 bits per heavy atom. The van der Waals surface area contributed by atoms with Crippen molar-refractivity contribution in [1.82, 2.24) is 10.2 Å². The van der Waals surface area contributed by atoms with E-state index in [4.69, 9.17) is 4.74 Å². The second-order valence-electron chi connectivity index (χ2n) is 8.53. The number of anilines is 2. The van der Waals surface area contributed by atoms with Crippen molar-refractivity contribution in [2.24, 2.45) is 10.2 Å². The van der Waals surface area contributed by atoms with Crippen molar-refractivity contribution in [1.29, 1.82) is 0 Å². The zero-order valence-corrected chi connectivity index (χ0v) is 21.8. The number of alkyl halides is 3. The molecule has 1 aromatic carbocycles. The van der Waals surface area contributed by atoms with E-state index in [2.05, 4.69) is 25.3 Å². The monoisotopic (exact) mass is 548 g/mol. The number of halogens is 3. The lowest BCUT2D eigenvalue weighted by Gasteiger charge is -2.37. The second-order valence-corrected chi connectivity index (χ2v) is 11.2. The minimum absolute atomic E-state index is 0.0498. The van der Waals surface area contributed by atoms with Crippen molar-refractivity contribution in [2.45, 2.75) is 71.0 Å². The smallest absolute Gasteiger partial charge is 0.458 e. The van der Waals surface area contributed by atoms with Crippen molar-refractivity contribution >= 4 is 49.5 Å². The van der Waals surface area contributed by atoms with Crippen LogP contribution in [0, 0.1) is 0 Å². The average molecular weight is 549 g/mol. The number of nitrogens with zero attached hydrogens (tertiary/aromatic N) is 5. The number of aromatic nitrogens is 2. The number of hydrogen-bond donors (Lipinski definition) is 1. The Balaban J connectivity index is 2.01. The predicted molar refractivity (Wildman–Crippen MR) is 130 cm³/mol. The van der Waals surface area contributed by atoms with Gasteiger partial charge in [0.05, 0.1) is 11.8 Å². The quantitative estimate of drug-likeness (QED) is 0.314. The Morgan fingerprint density at radius 3 is 2.67 bits per heavy atom. The standard InChI is InChI=1S/C21H27F3N6O4S2/c1-5-6-9-30-13(4)7-8-14-10-15(16(11-17(14)30)29-36(32,33)21(22,23)24)25-27-20-28-26-18(35-20)19(31)34-12(2)3/h10-13,29H,5-9H2,1-4H3. The molecule has 0 bridgehead atoms. The van der Waals surface area contributed by atoms with Crippen LogP contribution in [0.2, 0.25) is 0 Å². The number of unbranched alkanes of at least 4 members (excludes halogenated alkanes) is 1. The first kappa shape index (κ1) is 27.8. The van der Waals surface area contributed by atoms with Gasteiger partial charge in [-0.15, -0.1) is 20.4 Å². The van der Waals surface area contributed by atoms with E-state index >= 15 is 0 Å². The number of fused-ring (bicyclic) bond motifs is 1. The number of nitrogens with one attached hydrogen (secondary N) is 1. The molecule has 1 aliphatic rings. The average Bonchev–Trinajstić information content (AvgIpc) is 3.25. The van der Waals surface area contributed by atoms with Crippen LogP contribution in [-0.4, -0.2) is 48.8 Å². The number of aryl methyl sites for hydroxylation is 1. The lowest BCUT2D eigenvalue weighted by Crippen LogP contribution is -2.38. The van der Waals surface area contributed by atoms with E-state index in [1.165, 1.54) is 12.1 Å². The van der Waals surface area contributed by atoms with Gasteiger partial charge in [0.1, 0.15) is 5.69 Å². The molecule has 0 saturated carbocycles. The highest BCUT2D eigenvalue weighted by molar-refractivity contribution is 7.93. The van der Waals surface area contributed by atoms with Crippen LogP contribution in [0.15, 0.2) is 22.4 Å². The van der Waals surface area contributed by atoms with Gasteiger partial charge < -0.3 is 9.64 Å². The van der Waals surface area contributed by atoms with Gasteiger partial charge in [-0.25, -0.2) is 4.79 Å². The maximum Gasteiger partial charge on any atom is 0.516 e. The zero-order valence-electron chi connectivity index (χ0n) is 20.2. The van der Waals surface area contributed by atoms with Gasteiger partial charge in [0, 0.05) is 18.3 Å². The Kier molecular flexibility index (Phi) is 8.54. The number of rotatable bonds is 9. The summed E-state index contributed by atoms with van der Waals surface area (Å²) in [5.74, 6) is -0.697. The molecule has 0 saturated heterocycles. The first-order chi connectivity index (χ1) is 16.8. The van der Waals surface area contributed by atoms with Gasteiger partial charge in [0.25, 0.3) is 5.13 Å². The molecule has 0 aliphatic carbocycles. The summed E-state index contributed by atoms with van der Waals surface area (Å²) < 4.78 is 69.9. The molecule has 1 unspecified atom stereocenters. The third kappa shape index (κ3) is 6.49. The Bertz CT molecular complexity index is 1230. The summed E-state index contributed by atoms with van der Waals surface area (Å²) in [7, 11) is -5.71. The molecule has 0 spiro atoms. The fourth-order valence-electron chi connectivity index (χ4n) is 3.58. The summed E-state index contributed by atoms with van der Waals surface area (Å²) in [5.41, 5.74) is -4.54. The van der Waals surface area contributed by atoms with E-state index in [1.54, 1.807) is 18.6 Å². The summed E-state index contributed by atoms with van der Waals surface area (Å²) >= 11 is 0.780. The fourth-order valence-corrected chi connectivity index (χ4v) is 4.70. The van der Waals surface area contributed by atoms with Gasteiger partial charge >= 0.3 is 21.5 Å². The molecule has 3 rings (SSSR count). The third-order valence-corrected chi connectivity index (χ3v) is 7.23. The van der Waals surface area contributed by atoms with E-state index in [9.17, 15) is 26.4 Å².